The third-order valence-corrected chi connectivity index (χ3v) is 7.91. The van der Waals surface area contributed by atoms with Crippen LogP contribution in [0, 0.1) is 5.92 Å². The van der Waals surface area contributed by atoms with Gasteiger partial charge < -0.3 is 10.0 Å². The topological polar surface area (TPSA) is 133 Å². The molecule has 2 aromatic carbocycles. The second-order valence-corrected chi connectivity index (χ2v) is 10.6. The van der Waals surface area contributed by atoms with E-state index in [9.17, 15) is 27.9 Å². The zero-order valence-corrected chi connectivity index (χ0v) is 18.2. The number of likely N-dealkylation sites (tertiary alicyclic amines) is 1. The highest BCUT2D eigenvalue weighted by Crippen LogP contribution is 2.31. The Morgan fingerprint density at radius 1 is 1.06 bits per heavy atom. The largest absolute Gasteiger partial charge is 0.506 e. The first-order valence-electron chi connectivity index (χ1n) is 10.6. The van der Waals surface area contributed by atoms with E-state index in [0.29, 0.717) is 31.2 Å². The molecule has 0 aliphatic carbocycles. The van der Waals surface area contributed by atoms with E-state index in [0.717, 1.165) is 5.39 Å². The number of carbonyl (C=O) groups excluding carboxylic acids is 3. The molecule has 0 bridgehead atoms. The van der Waals surface area contributed by atoms with Crippen molar-refractivity contribution in [2.45, 2.75) is 31.7 Å². The number of amides is 3. The number of nitrogens with one attached hydrogen (secondary N) is 2. The molecule has 2 heterocycles. The van der Waals surface area contributed by atoms with E-state index >= 15 is 0 Å². The summed E-state index contributed by atoms with van der Waals surface area (Å²) < 4.78 is 23.0. The lowest BCUT2D eigenvalue weighted by Crippen LogP contribution is -2.51. The van der Waals surface area contributed by atoms with E-state index in [1.54, 1.807) is 24.3 Å². The van der Waals surface area contributed by atoms with E-state index < -0.39 is 33.6 Å². The summed E-state index contributed by atoms with van der Waals surface area (Å²) in [6, 6.07) is 9.68. The molecule has 9 nitrogen and oxygen atoms in total. The summed E-state index contributed by atoms with van der Waals surface area (Å²) in [4.78, 5) is 39.3. The number of rotatable bonds is 4. The average Bonchev–Trinajstić information content (AvgIpc) is 3.38. The minimum absolute atomic E-state index is 0.0117. The van der Waals surface area contributed by atoms with Crippen LogP contribution in [-0.4, -0.2) is 60.2 Å². The van der Waals surface area contributed by atoms with Crippen molar-refractivity contribution < 1.29 is 27.9 Å². The molecule has 3 amide bonds. The normalized spacial score (nSPS) is 22.1. The highest BCUT2D eigenvalue weighted by Gasteiger charge is 2.36. The summed E-state index contributed by atoms with van der Waals surface area (Å²) in [5.41, 5.74) is 4.80. The predicted octanol–water partition coefficient (Wildman–Crippen LogP) is 1.12. The Morgan fingerprint density at radius 2 is 1.84 bits per heavy atom. The van der Waals surface area contributed by atoms with E-state index in [1.165, 1.54) is 4.90 Å². The summed E-state index contributed by atoms with van der Waals surface area (Å²) in [5, 5.41) is 12.0. The van der Waals surface area contributed by atoms with Crippen molar-refractivity contribution in [2.24, 2.45) is 5.92 Å². The van der Waals surface area contributed by atoms with Gasteiger partial charge >= 0.3 is 0 Å². The smallest absolute Gasteiger partial charge is 0.261 e. The molecule has 0 aromatic heterocycles. The Labute approximate surface area is 185 Å². The van der Waals surface area contributed by atoms with Crippen molar-refractivity contribution in [3.8, 4) is 5.75 Å². The zero-order valence-electron chi connectivity index (χ0n) is 17.4. The van der Waals surface area contributed by atoms with Gasteiger partial charge in [0.2, 0.25) is 5.91 Å². The highest BCUT2D eigenvalue weighted by molar-refractivity contribution is 7.91. The number of fused-ring (bicyclic) bond motifs is 1. The van der Waals surface area contributed by atoms with Crippen LogP contribution in [0.3, 0.4) is 0 Å². The first kappa shape index (κ1) is 22.1. The summed E-state index contributed by atoms with van der Waals surface area (Å²) in [6.45, 7) is 0.358. The SMILES string of the molecule is O=C(CC1CCS(=O)(=O)C1)NNC(=O)C1CCCN1C(=O)c1ccc2ccccc2c1O. The lowest BCUT2D eigenvalue weighted by Gasteiger charge is -2.24. The Balaban J connectivity index is 1.39. The van der Waals surface area contributed by atoms with Crippen LogP contribution in [0.15, 0.2) is 36.4 Å². The van der Waals surface area contributed by atoms with Crippen molar-refractivity contribution in [1.29, 1.82) is 0 Å². The molecule has 170 valence electrons. The quantitative estimate of drug-likeness (QED) is 0.587. The predicted molar refractivity (Wildman–Crippen MR) is 117 cm³/mol. The molecule has 2 aliphatic rings. The van der Waals surface area contributed by atoms with Crippen molar-refractivity contribution in [1.82, 2.24) is 15.8 Å². The second-order valence-electron chi connectivity index (χ2n) is 8.35. The van der Waals surface area contributed by atoms with Crippen molar-refractivity contribution in [3.05, 3.63) is 42.0 Å². The molecular formula is C22H25N3O6S. The minimum Gasteiger partial charge on any atom is -0.506 e. The van der Waals surface area contributed by atoms with Crippen LogP contribution in [0.5, 0.6) is 5.75 Å². The maximum Gasteiger partial charge on any atom is 0.261 e. The first-order valence-corrected chi connectivity index (χ1v) is 12.4. The number of carbonyl (C=O) groups is 3. The number of hydrogen-bond acceptors (Lipinski definition) is 6. The highest BCUT2D eigenvalue weighted by atomic mass is 32.2. The van der Waals surface area contributed by atoms with Gasteiger partial charge in [-0.3, -0.25) is 25.2 Å². The van der Waals surface area contributed by atoms with Crippen LogP contribution in [0.1, 0.15) is 36.0 Å². The maximum atomic E-state index is 13.1. The average molecular weight is 460 g/mol. The Kier molecular flexibility index (Phi) is 6.05. The summed E-state index contributed by atoms with van der Waals surface area (Å²) in [7, 11) is -3.08. The van der Waals surface area contributed by atoms with Gasteiger partial charge in [0.15, 0.2) is 9.84 Å². The van der Waals surface area contributed by atoms with Gasteiger partial charge in [0.05, 0.1) is 17.1 Å². The standard InChI is InChI=1S/C22H25N3O6S/c26-19(12-14-9-11-32(30,31)13-14)23-24-21(28)18-6-3-10-25(18)22(29)17-8-7-15-4-1-2-5-16(15)20(17)27/h1-2,4-5,7-8,14,18,27H,3,6,9-13H2,(H,23,26)(H,24,28). The van der Waals surface area contributed by atoms with Crippen molar-refractivity contribution >= 4 is 38.3 Å². The Bertz CT molecular complexity index is 1180. The molecule has 0 spiro atoms. The Hall–Kier alpha value is -3.14. The first-order chi connectivity index (χ1) is 15.2. The van der Waals surface area contributed by atoms with E-state index in [2.05, 4.69) is 10.9 Å². The summed E-state index contributed by atoms with van der Waals surface area (Å²) in [6.07, 6.45) is 1.50. The van der Waals surface area contributed by atoms with E-state index in [-0.39, 0.29) is 35.2 Å². The third kappa shape index (κ3) is 4.55. The molecule has 0 saturated carbocycles. The van der Waals surface area contributed by atoms with Crippen LogP contribution in [0.4, 0.5) is 0 Å². The molecule has 32 heavy (non-hydrogen) atoms. The van der Waals surface area contributed by atoms with Crippen molar-refractivity contribution in [2.75, 3.05) is 18.1 Å². The van der Waals surface area contributed by atoms with Gasteiger partial charge in [-0.2, -0.15) is 0 Å². The fourth-order valence-electron chi connectivity index (χ4n) is 4.43. The van der Waals surface area contributed by atoms with Gasteiger partial charge in [0, 0.05) is 18.4 Å². The summed E-state index contributed by atoms with van der Waals surface area (Å²) >= 11 is 0. The van der Waals surface area contributed by atoms with Crippen LogP contribution in [-0.2, 0) is 19.4 Å². The van der Waals surface area contributed by atoms with Gasteiger partial charge in [-0.25, -0.2) is 8.42 Å². The molecule has 2 aliphatic heterocycles. The molecule has 2 saturated heterocycles. The fraction of sp³-hybridized carbons (Fsp3) is 0.409. The van der Waals surface area contributed by atoms with Crippen LogP contribution >= 0.6 is 0 Å². The number of sulfone groups is 1. The second kappa shape index (κ2) is 8.78. The molecule has 2 fully saturated rings. The molecule has 10 heteroatoms. The minimum atomic E-state index is -3.08. The number of nitrogens with zero attached hydrogens (tertiary/aromatic N) is 1. The number of phenolic OH excluding ortho intramolecular Hbond substituents is 1. The van der Waals surface area contributed by atoms with E-state index in [1.807, 2.05) is 12.1 Å². The molecular weight excluding hydrogens is 434 g/mol. The van der Waals surface area contributed by atoms with Crippen LogP contribution < -0.4 is 10.9 Å². The maximum absolute atomic E-state index is 13.1. The molecule has 2 unspecified atom stereocenters. The lowest BCUT2D eigenvalue weighted by atomic mass is 10.0. The Morgan fingerprint density at radius 3 is 2.59 bits per heavy atom. The fourth-order valence-corrected chi connectivity index (χ4v) is 6.29. The van der Waals surface area contributed by atoms with Gasteiger partial charge in [-0.1, -0.05) is 30.3 Å². The van der Waals surface area contributed by atoms with Crippen LogP contribution in [0.25, 0.3) is 10.8 Å². The number of aromatic hydroxyl groups is 1. The zero-order chi connectivity index (χ0) is 22.9. The summed E-state index contributed by atoms with van der Waals surface area (Å²) in [5.74, 6) is -1.76. The monoisotopic (exact) mass is 459 g/mol. The van der Waals surface area contributed by atoms with Crippen molar-refractivity contribution in [3.63, 3.8) is 0 Å². The number of phenols is 1. The number of hydrazine groups is 1. The third-order valence-electron chi connectivity index (χ3n) is 6.07. The van der Waals surface area contributed by atoms with Crippen LogP contribution in [0.2, 0.25) is 0 Å². The van der Waals surface area contributed by atoms with Gasteiger partial charge in [0.25, 0.3) is 11.8 Å². The molecule has 4 rings (SSSR count). The molecule has 0 radical (unpaired) electrons. The van der Waals surface area contributed by atoms with Gasteiger partial charge in [-0.05, 0) is 36.6 Å². The molecule has 2 atom stereocenters. The van der Waals surface area contributed by atoms with E-state index in [4.69, 9.17) is 0 Å². The van der Waals surface area contributed by atoms with Gasteiger partial charge in [0.1, 0.15) is 11.8 Å². The number of hydrogen-bond donors (Lipinski definition) is 3. The molecule has 3 N–H and O–H groups in total. The number of benzene rings is 2. The van der Waals surface area contributed by atoms with Gasteiger partial charge in [-0.15, -0.1) is 0 Å². The lowest BCUT2D eigenvalue weighted by molar-refractivity contribution is -0.131. The molecule has 2 aromatic rings.